The van der Waals surface area contributed by atoms with Crippen molar-refractivity contribution in [3.05, 3.63) is 53.8 Å². The highest BCUT2D eigenvalue weighted by Crippen LogP contribution is 2.27. The van der Waals surface area contributed by atoms with Crippen molar-refractivity contribution in [3.63, 3.8) is 0 Å². The van der Waals surface area contributed by atoms with Crippen LogP contribution >= 0.6 is 0 Å². The van der Waals surface area contributed by atoms with Crippen LogP contribution in [0, 0.1) is 5.82 Å². The number of hydrogen-bond donors (Lipinski definition) is 2. The van der Waals surface area contributed by atoms with E-state index in [2.05, 4.69) is 5.43 Å². The van der Waals surface area contributed by atoms with E-state index in [1.165, 1.54) is 19.2 Å². The molecule has 0 saturated heterocycles. The molecule has 0 unspecified atom stereocenters. The molecule has 0 saturated carbocycles. The first-order valence-corrected chi connectivity index (χ1v) is 8.74. The Labute approximate surface area is 144 Å². The van der Waals surface area contributed by atoms with Gasteiger partial charge in [-0.25, -0.2) is 12.8 Å². The number of nitrogens with one attached hydrogen (secondary N) is 2. The lowest BCUT2D eigenvalue weighted by atomic mass is 10.2. The van der Waals surface area contributed by atoms with Crippen LogP contribution in [-0.4, -0.2) is 28.0 Å². The van der Waals surface area contributed by atoms with Crippen molar-refractivity contribution in [2.75, 3.05) is 13.7 Å². The standard InChI is InChI=1S/C16H17FN2O5S/c1-3-24-14-9-4-11(10-15(14)23-2)16(20)18-19-25(21,22)13-7-5-12(17)6-8-13/h4-10,19H,3H2,1-2H3,(H,18,20). The highest BCUT2D eigenvalue weighted by Gasteiger charge is 2.17. The van der Waals surface area contributed by atoms with Gasteiger partial charge in [-0.05, 0) is 49.4 Å². The first kappa shape index (κ1) is 18.7. The van der Waals surface area contributed by atoms with Crippen LogP contribution in [0.3, 0.4) is 0 Å². The number of ether oxygens (including phenoxy) is 2. The van der Waals surface area contributed by atoms with Gasteiger partial charge in [-0.3, -0.25) is 10.2 Å². The summed E-state index contributed by atoms with van der Waals surface area (Å²) in [6, 6.07) is 8.63. The number of halogens is 1. The molecule has 7 nitrogen and oxygen atoms in total. The van der Waals surface area contributed by atoms with Gasteiger partial charge in [0, 0.05) is 5.56 Å². The molecular weight excluding hydrogens is 351 g/mol. The van der Waals surface area contributed by atoms with Crippen LogP contribution in [0.4, 0.5) is 4.39 Å². The van der Waals surface area contributed by atoms with Crippen molar-refractivity contribution in [2.24, 2.45) is 0 Å². The molecule has 0 aliphatic rings. The average Bonchev–Trinajstić information content (AvgIpc) is 2.60. The number of hydrazine groups is 1. The van der Waals surface area contributed by atoms with Crippen molar-refractivity contribution >= 4 is 15.9 Å². The highest BCUT2D eigenvalue weighted by molar-refractivity contribution is 7.89. The summed E-state index contributed by atoms with van der Waals surface area (Å²) in [6.07, 6.45) is 0. The fourth-order valence-corrected chi connectivity index (χ4v) is 2.78. The number of carbonyl (C=O) groups is 1. The van der Waals surface area contributed by atoms with Crippen LogP contribution in [0.15, 0.2) is 47.4 Å². The molecule has 0 spiro atoms. The van der Waals surface area contributed by atoms with Gasteiger partial charge in [0.05, 0.1) is 18.6 Å². The van der Waals surface area contributed by atoms with Crippen molar-refractivity contribution in [1.82, 2.24) is 10.3 Å². The Morgan fingerprint density at radius 1 is 1.12 bits per heavy atom. The minimum atomic E-state index is -4.02. The lowest BCUT2D eigenvalue weighted by Gasteiger charge is -2.12. The molecule has 25 heavy (non-hydrogen) atoms. The summed E-state index contributed by atoms with van der Waals surface area (Å²) in [7, 11) is -2.59. The topological polar surface area (TPSA) is 93.7 Å². The smallest absolute Gasteiger partial charge is 0.266 e. The lowest BCUT2D eigenvalue weighted by Crippen LogP contribution is -2.41. The van der Waals surface area contributed by atoms with Crippen molar-refractivity contribution in [1.29, 1.82) is 0 Å². The second-order valence-corrected chi connectivity index (χ2v) is 6.49. The molecule has 2 aromatic carbocycles. The van der Waals surface area contributed by atoms with Gasteiger partial charge < -0.3 is 9.47 Å². The quantitative estimate of drug-likeness (QED) is 0.728. The van der Waals surface area contributed by atoms with Crippen LogP contribution in [0.1, 0.15) is 17.3 Å². The Morgan fingerprint density at radius 2 is 1.80 bits per heavy atom. The zero-order valence-corrected chi connectivity index (χ0v) is 14.4. The number of rotatable bonds is 7. The summed E-state index contributed by atoms with van der Waals surface area (Å²) in [6.45, 7) is 2.24. The first-order valence-electron chi connectivity index (χ1n) is 7.26. The Bertz CT molecular complexity index is 853. The van der Waals surface area contributed by atoms with E-state index in [1.54, 1.807) is 6.07 Å². The highest BCUT2D eigenvalue weighted by atomic mass is 32.2. The maximum atomic E-state index is 12.9. The largest absolute Gasteiger partial charge is 0.493 e. The Hall–Kier alpha value is -2.65. The summed E-state index contributed by atoms with van der Waals surface area (Å²) in [5, 5.41) is 0. The van der Waals surface area contributed by atoms with Crippen LogP contribution in [0.2, 0.25) is 0 Å². The average molecular weight is 368 g/mol. The second-order valence-electron chi connectivity index (χ2n) is 4.81. The zero-order valence-electron chi connectivity index (χ0n) is 13.6. The molecule has 0 atom stereocenters. The number of benzene rings is 2. The summed E-state index contributed by atoms with van der Waals surface area (Å²) in [5.74, 6) is -0.444. The molecule has 0 bridgehead atoms. The summed E-state index contributed by atoms with van der Waals surface area (Å²) < 4.78 is 47.4. The van der Waals surface area contributed by atoms with Gasteiger partial charge in [0.25, 0.3) is 15.9 Å². The fourth-order valence-electron chi connectivity index (χ4n) is 1.94. The molecule has 0 aliphatic heterocycles. The zero-order chi connectivity index (χ0) is 18.4. The molecule has 9 heteroatoms. The molecule has 2 rings (SSSR count). The van der Waals surface area contributed by atoms with Crippen LogP contribution in [-0.2, 0) is 10.0 Å². The van der Waals surface area contributed by atoms with Crippen molar-refractivity contribution in [3.8, 4) is 11.5 Å². The van der Waals surface area contributed by atoms with E-state index in [1.807, 2.05) is 11.8 Å². The number of methoxy groups -OCH3 is 1. The van der Waals surface area contributed by atoms with Gasteiger partial charge >= 0.3 is 0 Å². The third-order valence-electron chi connectivity index (χ3n) is 3.15. The second kappa shape index (κ2) is 7.95. The Morgan fingerprint density at radius 3 is 2.40 bits per heavy atom. The molecule has 1 amide bonds. The van der Waals surface area contributed by atoms with Crippen molar-refractivity contribution < 1.29 is 27.1 Å². The van der Waals surface area contributed by atoms with Crippen LogP contribution < -0.4 is 19.7 Å². The maximum absolute atomic E-state index is 12.9. The summed E-state index contributed by atoms with van der Waals surface area (Å²) in [5.41, 5.74) is 2.26. The Balaban J connectivity index is 2.10. The molecule has 134 valence electrons. The minimum absolute atomic E-state index is 0.169. The minimum Gasteiger partial charge on any atom is -0.493 e. The SMILES string of the molecule is CCOc1ccc(C(=O)NNS(=O)(=O)c2ccc(F)cc2)cc1OC. The molecule has 0 fully saturated rings. The van der Waals surface area contributed by atoms with E-state index < -0.39 is 21.7 Å². The predicted molar refractivity (Wildman–Crippen MR) is 88.4 cm³/mol. The lowest BCUT2D eigenvalue weighted by molar-refractivity contribution is 0.0944. The van der Waals surface area contributed by atoms with Crippen molar-refractivity contribution in [2.45, 2.75) is 11.8 Å². The third kappa shape index (κ3) is 4.68. The van der Waals surface area contributed by atoms with E-state index in [-0.39, 0.29) is 10.5 Å². The molecule has 0 heterocycles. The van der Waals surface area contributed by atoms with E-state index in [9.17, 15) is 17.6 Å². The molecule has 0 aliphatic carbocycles. The fraction of sp³-hybridized carbons (Fsp3) is 0.188. The van der Waals surface area contributed by atoms with Gasteiger partial charge in [-0.2, -0.15) is 0 Å². The molecule has 0 radical (unpaired) electrons. The number of hydrogen-bond acceptors (Lipinski definition) is 5. The van der Waals surface area contributed by atoms with Gasteiger partial charge in [0.1, 0.15) is 5.82 Å². The van der Waals surface area contributed by atoms with Crippen LogP contribution in [0.25, 0.3) is 0 Å². The van der Waals surface area contributed by atoms with E-state index >= 15 is 0 Å². The maximum Gasteiger partial charge on any atom is 0.266 e. The van der Waals surface area contributed by atoms with E-state index in [4.69, 9.17) is 9.47 Å². The third-order valence-corrected chi connectivity index (χ3v) is 4.41. The van der Waals surface area contributed by atoms with E-state index in [0.29, 0.717) is 18.1 Å². The van der Waals surface area contributed by atoms with Gasteiger partial charge in [0.15, 0.2) is 11.5 Å². The van der Waals surface area contributed by atoms with Gasteiger partial charge in [-0.15, -0.1) is 4.83 Å². The monoisotopic (exact) mass is 368 g/mol. The normalized spacial score (nSPS) is 11.0. The van der Waals surface area contributed by atoms with E-state index in [0.717, 1.165) is 24.3 Å². The summed E-state index contributed by atoms with van der Waals surface area (Å²) in [4.78, 5) is 13.9. The predicted octanol–water partition coefficient (Wildman–Crippen LogP) is 1.86. The molecule has 2 N–H and O–H groups in total. The number of amides is 1. The first-order chi connectivity index (χ1) is 11.9. The molecule has 2 aromatic rings. The van der Waals surface area contributed by atoms with Gasteiger partial charge in [-0.1, -0.05) is 0 Å². The molecule has 0 aromatic heterocycles. The molecular formula is C16H17FN2O5S. The summed E-state index contributed by atoms with van der Waals surface area (Å²) >= 11 is 0. The van der Waals surface area contributed by atoms with Crippen LogP contribution in [0.5, 0.6) is 11.5 Å². The number of carbonyl (C=O) groups excluding carboxylic acids is 1. The van der Waals surface area contributed by atoms with Gasteiger partial charge in [0.2, 0.25) is 0 Å². The Kier molecular flexibility index (Phi) is 5.94. The number of sulfonamides is 1.